The molecule has 5 nitrogen and oxygen atoms in total. The van der Waals surface area contributed by atoms with Crippen LogP contribution < -0.4 is 16.0 Å². The van der Waals surface area contributed by atoms with Crippen molar-refractivity contribution in [3.8, 4) is 0 Å². The molecule has 1 aliphatic rings. The van der Waals surface area contributed by atoms with E-state index in [0.717, 1.165) is 24.7 Å². The van der Waals surface area contributed by atoms with Crippen LogP contribution in [0, 0.1) is 5.92 Å². The van der Waals surface area contributed by atoms with Crippen molar-refractivity contribution in [1.29, 1.82) is 0 Å². The van der Waals surface area contributed by atoms with Crippen molar-refractivity contribution in [3.63, 3.8) is 0 Å². The van der Waals surface area contributed by atoms with E-state index in [2.05, 4.69) is 20.9 Å². The summed E-state index contributed by atoms with van der Waals surface area (Å²) in [6.45, 7) is 3.86. The Kier molecular flexibility index (Phi) is 5.41. The van der Waals surface area contributed by atoms with Gasteiger partial charge in [0.2, 0.25) is 5.91 Å². The molecule has 1 saturated carbocycles. The topological polar surface area (TPSA) is 65.5 Å². The molecule has 0 aliphatic heterocycles. The number of guanidine groups is 1. The van der Waals surface area contributed by atoms with Crippen molar-refractivity contribution >= 4 is 17.6 Å². The normalized spacial score (nSPS) is 14.8. The molecule has 0 heterocycles. The quantitative estimate of drug-likeness (QED) is 0.545. The number of carbonyl (C=O) groups is 1. The van der Waals surface area contributed by atoms with E-state index in [4.69, 9.17) is 0 Å². The van der Waals surface area contributed by atoms with Gasteiger partial charge in [0.1, 0.15) is 6.54 Å². The van der Waals surface area contributed by atoms with Crippen LogP contribution in [0.15, 0.2) is 35.3 Å². The number of para-hydroxylation sites is 1. The smallest absolute Gasteiger partial charge is 0.246 e. The van der Waals surface area contributed by atoms with Gasteiger partial charge in [-0.25, -0.2) is 4.99 Å². The fourth-order valence-corrected chi connectivity index (χ4v) is 1.78. The summed E-state index contributed by atoms with van der Waals surface area (Å²) in [7, 11) is 0. The Balaban J connectivity index is 1.79. The van der Waals surface area contributed by atoms with E-state index >= 15 is 0 Å². The second kappa shape index (κ2) is 7.53. The predicted octanol–water partition coefficient (Wildman–Crippen LogP) is 1.59. The zero-order valence-electron chi connectivity index (χ0n) is 11.9. The van der Waals surface area contributed by atoms with Crippen LogP contribution in [0.4, 0.5) is 5.69 Å². The number of carbonyl (C=O) groups excluding carboxylic acids is 1. The molecule has 5 heteroatoms. The largest absolute Gasteiger partial charge is 0.357 e. The summed E-state index contributed by atoms with van der Waals surface area (Å²) in [5.41, 5.74) is 0.795. The van der Waals surface area contributed by atoms with Gasteiger partial charge in [0.15, 0.2) is 5.96 Å². The molecule has 0 atom stereocenters. The van der Waals surface area contributed by atoms with Gasteiger partial charge in [0.05, 0.1) is 0 Å². The third-order valence-electron chi connectivity index (χ3n) is 3.04. The zero-order valence-corrected chi connectivity index (χ0v) is 11.9. The van der Waals surface area contributed by atoms with Gasteiger partial charge in [0.25, 0.3) is 0 Å². The van der Waals surface area contributed by atoms with Gasteiger partial charge < -0.3 is 16.0 Å². The van der Waals surface area contributed by atoms with E-state index in [9.17, 15) is 4.79 Å². The first-order valence-corrected chi connectivity index (χ1v) is 7.15. The third-order valence-corrected chi connectivity index (χ3v) is 3.04. The number of aliphatic imine (C=N–C) groups is 1. The first-order chi connectivity index (χ1) is 9.78. The van der Waals surface area contributed by atoms with E-state index in [1.54, 1.807) is 0 Å². The molecule has 0 aromatic heterocycles. The van der Waals surface area contributed by atoms with E-state index in [1.807, 2.05) is 37.3 Å². The lowest BCUT2D eigenvalue weighted by Gasteiger charge is -2.10. The maximum absolute atomic E-state index is 11.8. The Labute approximate surface area is 119 Å². The van der Waals surface area contributed by atoms with Gasteiger partial charge in [-0.1, -0.05) is 18.2 Å². The summed E-state index contributed by atoms with van der Waals surface area (Å²) in [6, 6.07) is 9.41. The molecule has 3 N–H and O–H groups in total. The van der Waals surface area contributed by atoms with Gasteiger partial charge in [-0.3, -0.25) is 4.79 Å². The van der Waals surface area contributed by atoms with Crippen molar-refractivity contribution in [1.82, 2.24) is 10.6 Å². The van der Waals surface area contributed by atoms with Crippen LogP contribution in [0.2, 0.25) is 0 Å². The minimum Gasteiger partial charge on any atom is -0.357 e. The number of rotatable bonds is 6. The highest BCUT2D eigenvalue weighted by Gasteiger charge is 2.21. The van der Waals surface area contributed by atoms with E-state index in [-0.39, 0.29) is 12.5 Å². The van der Waals surface area contributed by atoms with Crippen LogP contribution in [0.25, 0.3) is 0 Å². The molecule has 1 fully saturated rings. The molecule has 0 saturated heterocycles. The first-order valence-electron chi connectivity index (χ1n) is 7.15. The minimum atomic E-state index is -0.111. The number of hydrogen-bond donors (Lipinski definition) is 3. The second-order valence-electron chi connectivity index (χ2n) is 4.93. The van der Waals surface area contributed by atoms with Crippen molar-refractivity contribution in [2.45, 2.75) is 19.8 Å². The lowest BCUT2D eigenvalue weighted by molar-refractivity contribution is -0.114. The van der Waals surface area contributed by atoms with Gasteiger partial charge >= 0.3 is 0 Å². The van der Waals surface area contributed by atoms with Crippen LogP contribution in [-0.4, -0.2) is 31.5 Å². The molecule has 20 heavy (non-hydrogen) atoms. The Morgan fingerprint density at radius 1 is 1.25 bits per heavy atom. The number of benzene rings is 1. The van der Waals surface area contributed by atoms with Crippen LogP contribution in [0.1, 0.15) is 19.8 Å². The Morgan fingerprint density at radius 3 is 2.65 bits per heavy atom. The van der Waals surface area contributed by atoms with Crippen molar-refractivity contribution in [2.75, 3.05) is 25.0 Å². The van der Waals surface area contributed by atoms with Gasteiger partial charge in [0, 0.05) is 18.8 Å². The second-order valence-corrected chi connectivity index (χ2v) is 4.93. The fraction of sp³-hybridized carbons (Fsp3) is 0.467. The molecule has 0 spiro atoms. The van der Waals surface area contributed by atoms with Gasteiger partial charge in [-0.15, -0.1) is 0 Å². The van der Waals surface area contributed by atoms with Crippen LogP contribution in [0.5, 0.6) is 0 Å². The Bertz CT molecular complexity index is 454. The predicted molar refractivity (Wildman–Crippen MR) is 81.8 cm³/mol. The molecule has 1 aromatic rings. The molecule has 0 unspecified atom stereocenters. The van der Waals surface area contributed by atoms with Crippen molar-refractivity contribution in [3.05, 3.63) is 30.3 Å². The summed E-state index contributed by atoms with van der Waals surface area (Å²) < 4.78 is 0. The van der Waals surface area contributed by atoms with Crippen LogP contribution in [0.3, 0.4) is 0 Å². The van der Waals surface area contributed by atoms with Crippen LogP contribution in [-0.2, 0) is 4.79 Å². The summed E-state index contributed by atoms with van der Waals surface area (Å²) in [4.78, 5) is 16.1. The molecule has 108 valence electrons. The number of hydrogen-bond acceptors (Lipinski definition) is 2. The number of nitrogens with zero attached hydrogens (tertiary/aromatic N) is 1. The lowest BCUT2D eigenvalue weighted by Crippen LogP contribution is -2.39. The number of nitrogens with one attached hydrogen (secondary N) is 3. The average molecular weight is 274 g/mol. The van der Waals surface area contributed by atoms with Gasteiger partial charge in [-0.05, 0) is 37.8 Å². The average Bonchev–Trinajstić information content (AvgIpc) is 3.27. The van der Waals surface area contributed by atoms with Crippen molar-refractivity contribution < 1.29 is 4.79 Å². The molecule has 0 bridgehead atoms. The summed E-state index contributed by atoms with van der Waals surface area (Å²) in [5, 5.41) is 9.22. The number of anilines is 1. The first kappa shape index (κ1) is 14.4. The highest BCUT2D eigenvalue weighted by Crippen LogP contribution is 2.27. The number of amides is 1. The lowest BCUT2D eigenvalue weighted by atomic mass is 10.3. The standard InChI is InChI=1S/C15H22N4O/c1-2-16-15(17-10-12-8-9-12)18-11-14(20)19-13-6-4-3-5-7-13/h3-7,12H,2,8-11H2,1H3,(H,19,20)(H2,16,17,18). The van der Waals surface area contributed by atoms with E-state index < -0.39 is 0 Å². The summed E-state index contributed by atoms with van der Waals surface area (Å²) in [5.74, 6) is 1.37. The molecular formula is C15H22N4O. The Hall–Kier alpha value is -2.04. The van der Waals surface area contributed by atoms with E-state index in [1.165, 1.54) is 12.8 Å². The van der Waals surface area contributed by atoms with Gasteiger partial charge in [-0.2, -0.15) is 0 Å². The van der Waals surface area contributed by atoms with Crippen LogP contribution >= 0.6 is 0 Å². The van der Waals surface area contributed by atoms with E-state index in [0.29, 0.717) is 5.96 Å². The zero-order chi connectivity index (χ0) is 14.2. The monoisotopic (exact) mass is 274 g/mol. The molecule has 1 amide bonds. The summed E-state index contributed by atoms with van der Waals surface area (Å²) >= 11 is 0. The molecule has 1 aliphatic carbocycles. The highest BCUT2D eigenvalue weighted by molar-refractivity contribution is 5.94. The Morgan fingerprint density at radius 2 is 2.00 bits per heavy atom. The molecular weight excluding hydrogens is 252 g/mol. The SMILES string of the molecule is CCNC(=NCC(=O)Nc1ccccc1)NCC1CC1. The molecule has 0 radical (unpaired) electrons. The maximum atomic E-state index is 11.8. The fourth-order valence-electron chi connectivity index (χ4n) is 1.78. The third kappa shape index (κ3) is 5.30. The summed E-state index contributed by atoms with van der Waals surface area (Å²) in [6.07, 6.45) is 2.59. The minimum absolute atomic E-state index is 0.111. The van der Waals surface area contributed by atoms with Crippen molar-refractivity contribution in [2.24, 2.45) is 10.9 Å². The highest BCUT2D eigenvalue weighted by atomic mass is 16.1. The maximum Gasteiger partial charge on any atom is 0.246 e. The molecule has 2 rings (SSSR count). The molecule has 1 aromatic carbocycles.